The topological polar surface area (TPSA) is 45.2 Å². The monoisotopic (exact) mass is 337 g/mol. The number of carbonyl (C=O) groups excluding carboxylic acids is 1. The predicted molar refractivity (Wildman–Crippen MR) is 102 cm³/mol. The van der Waals surface area contributed by atoms with Crippen LogP contribution in [0, 0.1) is 5.92 Å². The van der Waals surface area contributed by atoms with Crippen molar-refractivity contribution in [3.05, 3.63) is 59.9 Å². The minimum Gasteiger partial charge on any atom is -0.384 e. The van der Waals surface area contributed by atoms with Crippen LogP contribution < -0.4 is 5.32 Å². The Hall–Kier alpha value is -2.36. The van der Waals surface area contributed by atoms with E-state index >= 15 is 0 Å². The Morgan fingerprint density at radius 2 is 1.96 bits per heavy atom. The van der Waals surface area contributed by atoms with Crippen molar-refractivity contribution >= 4 is 11.6 Å². The van der Waals surface area contributed by atoms with E-state index in [9.17, 15) is 4.79 Å². The van der Waals surface area contributed by atoms with E-state index in [1.165, 1.54) is 5.56 Å². The molecular weight excluding hydrogens is 310 g/mol. The van der Waals surface area contributed by atoms with Gasteiger partial charge in [-0.05, 0) is 43.2 Å². The number of amides is 1. The van der Waals surface area contributed by atoms with Crippen LogP contribution in [0.15, 0.2) is 48.8 Å². The summed E-state index contributed by atoms with van der Waals surface area (Å²) in [6.07, 6.45) is 7.75. The summed E-state index contributed by atoms with van der Waals surface area (Å²) in [6.45, 7) is 4.84. The molecule has 25 heavy (non-hydrogen) atoms. The molecule has 4 nitrogen and oxygen atoms in total. The summed E-state index contributed by atoms with van der Waals surface area (Å²) in [7, 11) is 0. The van der Waals surface area contributed by atoms with Crippen LogP contribution in [0.1, 0.15) is 42.1 Å². The summed E-state index contributed by atoms with van der Waals surface area (Å²) in [5, 5.41) is 3.39. The molecule has 0 unspecified atom stereocenters. The van der Waals surface area contributed by atoms with Crippen LogP contribution >= 0.6 is 0 Å². The summed E-state index contributed by atoms with van der Waals surface area (Å²) < 4.78 is 0. The molecule has 1 amide bonds. The van der Waals surface area contributed by atoms with Gasteiger partial charge in [0.25, 0.3) is 5.91 Å². The van der Waals surface area contributed by atoms with E-state index in [1.54, 1.807) is 12.4 Å². The molecule has 0 saturated carbocycles. The van der Waals surface area contributed by atoms with Gasteiger partial charge in [-0.25, -0.2) is 0 Å². The van der Waals surface area contributed by atoms with Gasteiger partial charge in [0.1, 0.15) is 0 Å². The third-order valence-electron chi connectivity index (χ3n) is 4.87. The maximum atomic E-state index is 12.6. The number of anilines is 1. The van der Waals surface area contributed by atoms with Crippen molar-refractivity contribution in [3.8, 4) is 0 Å². The Kier molecular flexibility index (Phi) is 6.04. The molecule has 132 valence electrons. The molecule has 4 heteroatoms. The Morgan fingerprint density at radius 3 is 2.72 bits per heavy atom. The second-order valence-electron chi connectivity index (χ2n) is 6.95. The minimum atomic E-state index is 0.104. The number of rotatable bonds is 6. The van der Waals surface area contributed by atoms with Gasteiger partial charge in [0.15, 0.2) is 0 Å². The molecule has 2 heterocycles. The van der Waals surface area contributed by atoms with Crippen molar-refractivity contribution in [3.63, 3.8) is 0 Å². The van der Waals surface area contributed by atoms with Crippen LogP contribution in [0.4, 0.5) is 5.69 Å². The average molecular weight is 337 g/mol. The van der Waals surface area contributed by atoms with Gasteiger partial charge in [0, 0.05) is 32.0 Å². The van der Waals surface area contributed by atoms with Crippen molar-refractivity contribution in [1.29, 1.82) is 0 Å². The highest BCUT2D eigenvalue weighted by atomic mass is 16.2. The molecule has 1 aliphatic heterocycles. The highest BCUT2D eigenvalue weighted by Crippen LogP contribution is 2.19. The summed E-state index contributed by atoms with van der Waals surface area (Å²) in [6, 6.07) is 12.4. The fourth-order valence-corrected chi connectivity index (χ4v) is 3.22. The predicted octanol–water partition coefficient (Wildman–Crippen LogP) is 4.00. The Bertz CT molecular complexity index is 679. The van der Waals surface area contributed by atoms with Crippen molar-refractivity contribution in [2.24, 2.45) is 5.92 Å². The van der Waals surface area contributed by atoms with Crippen LogP contribution in [0.5, 0.6) is 0 Å². The molecule has 1 fully saturated rings. The second kappa shape index (κ2) is 8.65. The molecule has 1 saturated heterocycles. The second-order valence-corrected chi connectivity index (χ2v) is 6.95. The number of likely N-dealkylation sites (tertiary alicyclic amines) is 1. The van der Waals surface area contributed by atoms with Crippen LogP contribution in [0.2, 0.25) is 0 Å². The van der Waals surface area contributed by atoms with Gasteiger partial charge in [-0.3, -0.25) is 9.78 Å². The third kappa shape index (κ3) is 5.05. The number of nitrogens with one attached hydrogen (secondary N) is 1. The van der Waals surface area contributed by atoms with Crippen molar-refractivity contribution in [1.82, 2.24) is 9.88 Å². The van der Waals surface area contributed by atoms with Gasteiger partial charge in [0.05, 0.1) is 11.3 Å². The summed E-state index contributed by atoms with van der Waals surface area (Å²) in [5.41, 5.74) is 2.96. The first-order valence-corrected chi connectivity index (χ1v) is 9.24. The first-order valence-electron chi connectivity index (χ1n) is 9.24. The number of piperidine rings is 1. The number of pyridine rings is 1. The molecule has 0 radical (unpaired) electrons. The molecule has 1 aromatic carbocycles. The van der Waals surface area contributed by atoms with Crippen molar-refractivity contribution < 1.29 is 4.79 Å². The summed E-state index contributed by atoms with van der Waals surface area (Å²) in [5.74, 6) is 0.826. The molecule has 0 bridgehead atoms. The fourth-order valence-electron chi connectivity index (χ4n) is 3.22. The van der Waals surface area contributed by atoms with E-state index in [4.69, 9.17) is 0 Å². The number of hydrogen-bond donors (Lipinski definition) is 1. The van der Waals surface area contributed by atoms with Crippen LogP contribution in [0.3, 0.4) is 0 Å². The normalized spacial score (nSPS) is 15.2. The third-order valence-corrected chi connectivity index (χ3v) is 4.87. The molecule has 1 aliphatic rings. The van der Waals surface area contributed by atoms with E-state index in [-0.39, 0.29) is 5.91 Å². The fraction of sp³-hybridized carbons (Fsp3) is 0.429. The van der Waals surface area contributed by atoms with Crippen molar-refractivity contribution in [2.45, 2.75) is 32.6 Å². The highest BCUT2D eigenvalue weighted by molar-refractivity contribution is 5.94. The number of aromatic nitrogens is 1. The van der Waals surface area contributed by atoms with Gasteiger partial charge in [-0.15, -0.1) is 0 Å². The quantitative estimate of drug-likeness (QED) is 0.811. The minimum absolute atomic E-state index is 0.104. The van der Waals surface area contributed by atoms with Crippen molar-refractivity contribution in [2.75, 3.05) is 25.0 Å². The number of hydrogen-bond acceptors (Lipinski definition) is 3. The van der Waals surface area contributed by atoms with E-state index < -0.39 is 0 Å². The first kappa shape index (κ1) is 17.5. The van der Waals surface area contributed by atoms with Gasteiger partial charge >= 0.3 is 0 Å². The molecule has 1 aromatic heterocycles. The zero-order valence-electron chi connectivity index (χ0n) is 14.9. The summed E-state index contributed by atoms with van der Waals surface area (Å²) in [4.78, 5) is 18.8. The SMILES string of the molecule is CC1CCN(C(=O)c2cncc(NCCCc3ccccc3)c2)CC1. The standard InChI is InChI=1S/C21H27N3O/c1-17-9-12-24(13-10-17)21(25)19-14-20(16-22-15-19)23-11-5-8-18-6-3-2-4-7-18/h2-4,6-7,14-17,23H,5,8-13H2,1H3. The van der Waals surface area contributed by atoms with E-state index in [2.05, 4.69) is 41.5 Å². The molecular formula is C21H27N3O. The van der Waals surface area contributed by atoms with E-state index in [1.807, 2.05) is 17.0 Å². The zero-order valence-corrected chi connectivity index (χ0v) is 14.9. The zero-order chi connectivity index (χ0) is 17.5. The maximum Gasteiger partial charge on any atom is 0.255 e. The number of carbonyl (C=O) groups is 1. The van der Waals surface area contributed by atoms with Crippen LogP contribution in [0.25, 0.3) is 0 Å². The van der Waals surface area contributed by atoms with Gasteiger partial charge < -0.3 is 10.2 Å². The molecule has 2 aromatic rings. The Labute approximate surface area is 150 Å². The average Bonchev–Trinajstić information content (AvgIpc) is 2.66. The van der Waals surface area contributed by atoms with Gasteiger partial charge in [0.2, 0.25) is 0 Å². The molecule has 0 atom stereocenters. The number of benzene rings is 1. The van der Waals surface area contributed by atoms with Gasteiger partial charge in [-0.2, -0.15) is 0 Å². The number of nitrogens with zero attached hydrogens (tertiary/aromatic N) is 2. The lowest BCUT2D eigenvalue weighted by Gasteiger charge is -2.30. The lowest BCUT2D eigenvalue weighted by molar-refractivity contribution is 0.0697. The number of aryl methyl sites for hydroxylation is 1. The Balaban J connectivity index is 1.50. The summed E-state index contributed by atoms with van der Waals surface area (Å²) >= 11 is 0. The highest BCUT2D eigenvalue weighted by Gasteiger charge is 2.21. The van der Waals surface area contributed by atoms with Gasteiger partial charge in [-0.1, -0.05) is 37.3 Å². The van der Waals surface area contributed by atoms with E-state index in [0.717, 1.165) is 56.9 Å². The molecule has 3 rings (SSSR count). The maximum absolute atomic E-state index is 12.6. The van der Waals surface area contributed by atoms with Crippen LogP contribution in [-0.2, 0) is 6.42 Å². The lowest BCUT2D eigenvalue weighted by atomic mass is 9.99. The van der Waals surface area contributed by atoms with Crippen LogP contribution in [-0.4, -0.2) is 35.4 Å². The lowest BCUT2D eigenvalue weighted by Crippen LogP contribution is -2.37. The Morgan fingerprint density at radius 1 is 1.20 bits per heavy atom. The molecule has 0 aliphatic carbocycles. The largest absolute Gasteiger partial charge is 0.384 e. The smallest absolute Gasteiger partial charge is 0.255 e. The molecule has 0 spiro atoms. The first-order chi connectivity index (χ1) is 12.2. The van der Waals surface area contributed by atoms with E-state index in [0.29, 0.717) is 5.56 Å². The molecule has 1 N–H and O–H groups in total.